The van der Waals surface area contributed by atoms with E-state index in [-0.39, 0.29) is 12.4 Å². The minimum absolute atomic E-state index is 0. The van der Waals surface area contributed by atoms with Gasteiger partial charge in [0, 0.05) is 17.8 Å². The van der Waals surface area contributed by atoms with Crippen molar-refractivity contribution in [3.05, 3.63) is 53.1 Å². The van der Waals surface area contributed by atoms with Gasteiger partial charge in [0.1, 0.15) is 0 Å². The maximum Gasteiger partial charge on any atom is 0.0921 e. The molecule has 1 aromatic carbocycles. The molecule has 86 valence electrons. The molecule has 1 atom stereocenters. The first-order valence-electron chi connectivity index (χ1n) is 5.24. The maximum absolute atomic E-state index is 4.06. The molecule has 0 aliphatic rings. The number of H-pyrrole nitrogens is 1. The van der Waals surface area contributed by atoms with Crippen LogP contribution in [-0.2, 0) is 0 Å². The average molecular weight is 237 g/mol. The first kappa shape index (κ1) is 12.8. The van der Waals surface area contributed by atoms with Crippen molar-refractivity contribution in [1.29, 1.82) is 0 Å². The molecule has 0 saturated carbocycles. The highest BCUT2D eigenvalue weighted by Gasteiger charge is 2.11. The van der Waals surface area contributed by atoms with Crippen molar-refractivity contribution in [3.63, 3.8) is 0 Å². The molecule has 1 N–H and O–H groups in total. The van der Waals surface area contributed by atoms with Gasteiger partial charge in [0.15, 0.2) is 0 Å². The van der Waals surface area contributed by atoms with Crippen LogP contribution in [0.2, 0.25) is 0 Å². The normalized spacial score (nSPS) is 11.9. The number of nitrogens with zero attached hydrogens (tertiary/aromatic N) is 1. The molecule has 2 nitrogen and oxygen atoms in total. The second-order valence-corrected chi connectivity index (χ2v) is 4.09. The molecule has 0 fully saturated rings. The molecule has 1 aromatic heterocycles. The fourth-order valence-corrected chi connectivity index (χ4v) is 1.98. The van der Waals surface area contributed by atoms with Crippen molar-refractivity contribution in [2.24, 2.45) is 0 Å². The van der Waals surface area contributed by atoms with E-state index in [1.807, 2.05) is 6.20 Å². The molecule has 0 amide bonds. The molecular weight excluding hydrogens is 220 g/mol. The summed E-state index contributed by atoms with van der Waals surface area (Å²) >= 11 is 0. The van der Waals surface area contributed by atoms with Crippen LogP contribution >= 0.6 is 12.4 Å². The summed E-state index contributed by atoms with van der Waals surface area (Å²) in [5, 5.41) is 0. The summed E-state index contributed by atoms with van der Waals surface area (Å²) in [5.74, 6) is 0.382. The lowest BCUT2D eigenvalue weighted by Crippen LogP contribution is -1.99. The lowest BCUT2D eigenvalue weighted by atomic mass is 9.93. The smallest absolute Gasteiger partial charge is 0.0921 e. The van der Waals surface area contributed by atoms with Crippen LogP contribution < -0.4 is 0 Å². The van der Waals surface area contributed by atoms with E-state index in [0.717, 1.165) is 0 Å². The van der Waals surface area contributed by atoms with Gasteiger partial charge in [-0.05, 0) is 25.0 Å². The summed E-state index contributed by atoms with van der Waals surface area (Å²) in [5.41, 5.74) is 5.19. The zero-order valence-electron chi connectivity index (χ0n) is 9.82. The maximum atomic E-state index is 4.06. The van der Waals surface area contributed by atoms with Crippen LogP contribution in [0.3, 0.4) is 0 Å². The molecule has 3 heteroatoms. The van der Waals surface area contributed by atoms with Gasteiger partial charge < -0.3 is 4.98 Å². The monoisotopic (exact) mass is 236 g/mol. The van der Waals surface area contributed by atoms with Crippen LogP contribution in [0.1, 0.15) is 35.2 Å². The zero-order valence-corrected chi connectivity index (χ0v) is 10.6. The van der Waals surface area contributed by atoms with Crippen LogP contribution in [0, 0.1) is 13.8 Å². The van der Waals surface area contributed by atoms with E-state index in [9.17, 15) is 0 Å². The molecule has 0 radical (unpaired) electrons. The van der Waals surface area contributed by atoms with Gasteiger partial charge in [-0.15, -0.1) is 12.4 Å². The molecule has 16 heavy (non-hydrogen) atoms. The van der Waals surface area contributed by atoms with Crippen molar-refractivity contribution < 1.29 is 0 Å². The third-order valence-electron chi connectivity index (χ3n) is 2.88. The van der Waals surface area contributed by atoms with E-state index in [1.165, 1.54) is 22.4 Å². The number of nitrogens with one attached hydrogen (secondary N) is 1. The Morgan fingerprint density at radius 3 is 2.56 bits per heavy atom. The Balaban J connectivity index is 0.00000128. The van der Waals surface area contributed by atoms with Gasteiger partial charge in [-0.2, -0.15) is 0 Å². The Labute approximate surface area is 103 Å². The lowest BCUT2D eigenvalue weighted by Gasteiger charge is -2.13. The second-order valence-electron chi connectivity index (χ2n) is 4.09. The molecule has 0 aliphatic heterocycles. The highest BCUT2D eigenvalue weighted by atomic mass is 35.5. The molecule has 0 spiro atoms. The molecule has 0 aliphatic carbocycles. The summed E-state index contributed by atoms with van der Waals surface area (Å²) < 4.78 is 0. The minimum atomic E-state index is 0. The molecule has 1 heterocycles. The van der Waals surface area contributed by atoms with Crippen LogP contribution in [0.15, 0.2) is 30.7 Å². The number of hydrogen-bond donors (Lipinski definition) is 1. The number of halogens is 1. The van der Waals surface area contributed by atoms with Gasteiger partial charge >= 0.3 is 0 Å². The topological polar surface area (TPSA) is 28.7 Å². The molecule has 0 bridgehead atoms. The van der Waals surface area contributed by atoms with Gasteiger partial charge in [-0.25, -0.2) is 4.98 Å². The van der Waals surface area contributed by atoms with Crippen molar-refractivity contribution in [2.45, 2.75) is 26.7 Å². The van der Waals surface area contributed by atoms with Crippen LogP contribution in [0.25, 0.3) is 0 Å². The lowest BCUT2D eigenvalue weighted by molar-refractivity contribution is 0.872. The second kappa shape index (κ2) is 5.17. The average Bonchev–Trinajstić information content (AvgIpc) is 2.69. The van der Waals surface area contributed by atoms with Crippen LogP contribution in [-0.4, -0.2) is 9.97 Å². The van der Waals surface area contributed by atoms with E-state index in [4.69, 9.17) is 0 Å². The van der Waals surface area contributed by atoms with E-state index in [2.05, 4.69) is 48.9 Å². The number of rotatable bonds is 2. The molecule has 1 unspecified atom stereocenters. The van der Waals surface area contributed by atoms with Gasteiger partial charge in [0.05, 0.1) is 6.33 Å². The summed E-state index contributed by atoms with van der Waals surface area (Å²) in [4.78, 5) is 7.23. The molecular formula is C13H17ClN2. The molecule has 2 rings (SSSR count). The van der Waals surface area contributed by atoms with E-state index in [0.29, 0.717) is 5.92 Å². The number of imidazole rings is 1. The Hall–Kier alpha value is -1.28. The Morgan fingerprint density at radius 1 is 1.25 bits per heavy atom. The summed E-state index contributed by atoms with van der Waals surface area (Å²) in [6.07, 6.45) is 3.62. The number of aromatic amines is 1. The molecule has 2 aromatic rings. The van der Waals surface area contributed by atoms with Gasteiger partial charge in [0.2, 0.25) is 0 Å². The number of hydrogen-bond acceptors (Lipinski definition) is 1. The number of aromatic nitrogens is 2. The van der Waals surface area contributed by atoms with Crippen LogP contribution in [0.5, 0.6) is 0 Å². The first-order valence-corrected chi connectivity index (χ1v) is 5.24. The fraction of sp³-hybridized carbons (Fsp3) is 0.308. The van der Waals surface area contributed by atoms with Crippen molar-refractivity contribution >= 4 is 12.4 Å². The Bertz CT molecular complexity index is 449. The van der Waals surface area contributed by atoms with Crippen molar-refractivity contribution in [2.75, 3.05) is 0 Å². The number of aryl methyl sites for hydroxylation is 2. The Kier molecular flexibility index (Phi) is 4.13. The third-order valence-corrected chi connectivity index (χ3v) is 2.88. The summed E-state index contributed by atoms with van der Waals surface area (Å²) in [6, 6.07) is 6.59. The fourth-order valence-electron chi connectivity index (χ4n) is 1.98. The summed E-state index contributed by atoms with van der Waals surface area (Å²) in [6.45, 7) is 6.48. The van der Waals surface area contributed by atoms with Gasteiger partial charge in [-0.3, -0.25) is 0 Å². The van der Waals surface area contributed by atoms with Gasteiger partial charge in [0.25, 0.3) is 0 Å². The highest BCUT2D eigenvalue weighted by molar-refractivity contribution is 5.85. The highest BCUT2D eigenvalue weighted by Crippen LogP contribution is 2.25. The van der Waals surface area contributed by atoms with E-state index >= 15 is 0 Å². The van der Waals surface area contributed by atoms with Crippen molar-refractivity contribution in [3.8, 4) is 0 Å². The third kappa shape index (κ3) is 2.45. The quantitative estimate of drug-likeness (QED) is 0.848. The van der Waals surface area contributed by atoms with E-state index in [1.54, 1.807) is 6.33 Å². The first-order chi connectivity index (χ1) is 7.18. The zero-order chi connectivity index (χ0) is 10.8. The molecule has 0 saturated heterocycles. The van der Waals surface area contributed by atoms with Crippen LogP contribution in [0.4, 0.5) is 0 Å². The van der Waals surface area contributed by atoms with Crippen molar-refractivity contribution in [1.82, 2.24) is 9.97 Å². The largest absolute Gasteiger partial charge is 0.348 e. The minimum Gasteiger partial charge on any atom is -0.348 e. The number of benzene rings is 1. The summed E-state index contributed by atoms with van der Waals surface area (Å²) in [7, 11) is 0. The standard InChI is InChI=1S/C13H16N2.ClH/c1-9-4-5-12(10(2)6-9)11(3)13-7-14-8-15-13;/h4-8,11H,1-3H3,(H,14,15);1H. The van der Waals surface area contributed by atoms with E-state index < -0.39 is 0 Å². The Morgan fingerprint density at radius 2 is 2.00 bits per heavy atom. The predicted molar refractivity (Wildman–Crippen MR) is 69.3 cm³/mol. The van der Waals surface area contributed by atoms with Gasteiger partial charge in [-0.1, -0.05) is 30.7 Å². The SMILES string of the molecule is Cc1ccc(C(C)c2cnc[nH]2)c(C)c1.Cl. The predicted octanol–water partition coefficient (Wildman–Crippen LogP) is 3.60.